The van der Waals surface area contributed by atoms with Crippen LogP contribution in [0, 0.1) is 0 Å². The maximum absolute atomic E-state index is 11.9. The monoisotopic (exact) mass is 277 g/mol. The summed E-state index contributed by atoms with van der Waals surface area (Å²) in [6.45, 7) is 0.337. The Morgan fingerprint density at radius 1 is 1.21 bits per heavy atom. The van der Waals surface area contributed by atoms with Crippen molar-refractivity contribution in [3.05, 3.63) is 35.9 Å². The Morgan fingerprint density at radius 3 is 2.63 bits per heavy atom. The molecule has 0 bridgehead atoms. The van der Waals surface area contributed by atoms with E-state index in [1.807, 2.05) is 18.2 Å². The average molecular weight is 277 g/mol. The third kappa shape index (κ3) is 3.67. The predicted molar refractivity (Wildman–Crippen MR) is 74.2 cm³/mol. The van der Waals surface area contributed by atoms with E-state index in [1.165, 1.54) is 16.7 Å². The standard InChI is InChI=1S/C14H15NO3S/c16-12(11-5-2-1-3-6-11)7-4-9-15-13(17)8-10-19-14(15)18/h1-3,5-6H,4,7-10H2. The minimum atomic E-state index is -0.191. The van der Waals surface area contributed by atoms with Crippen LogP contribution < -0.4 is 0 Å². The van der Waals surface area contributed by atoms with Crippen LogP contribution in [-0.4, -0.2) is 34.1 Å². The molecule has 0 spiro atoms. The van der Waals surface area contributed by atoms with Crippen molar-refractivity contribution in [2.24, 2.45) is 0 Å². The molecule has 0 aromatic heterocycles. The normalized spacial score (nSPS) is 15.7. The fourth-order valence-corrected chi connectivity index (χ4v) is 2.72. The van der Waals surface area contributed by atoms with Gasteiger partial charge in [-0.15, -0.1) is 0 Å². The van der Waals surface area contributed by atoms with Crippen LogP contribution in [0.25, 0.3) is 0 Å². The summed E-state index contributed by atoms with van der Waals surface area (Å²) in [6, 6.07) is 9.05. The molecule has 1 heterocycles. The van der Waals surface area contributed by atoms with Crippen LogP contribution >= 0.6 is 11.8 Å². The zero-order valence-corrected chi connectivity index (χ0v) is 11.3. The fourth-order valence-electron chi connectivity index (χ4n) is 1.92. The number of ketones is 1. The zero-order chi connectivity index (χ0) is 13.7. The first-order valence-corrected chi connectivity index (χ1v) is 7.22. The van der Waals surface area contributed by atoms with Gasteiger partial charge in [-0.1, -0.05) is 42.1 Å². The number of hydrogen-bond acceptors (Lipinski definition) is 4. The van der Waals surface area contributed by atoms with Gasteiger partial charge in [0.15, 0.2) is 5.78 Å². The molecule has 19 heavy (non-hydrogen) atoms. The molecule has 0 atom stereocenters. The second kappa shape index (κ2) is 6.52. The van der Waals surface area contributed by atoms with Gasteiger partial charge in [0.05, 0.1) is 0 Å². The van der Waals surface area contributed by atoms with Crippen molar-refractivity contribution < 1.29 is 14.4 Å². The van der Waals surface area contributed by atoms with Crippen molar-refractivity contribution in [2.45, 2.75) is 19.3 Å². The summed E-state index contributed by atoms with van der Waals surface area (Å²) in [4.78, 5) is 36.2. The number of Topliss-reactive ketones (excluding diaryl/α,β-unsaturated/α-hetero) is 1. The van der Waals surface area contributed by atoms with Crippen molar-refractivity contribution in [1.29, 1.82) is 0 Å². The van der Waals surface area contributed by atoms with Gasteiger partial charge in [0.25, 0.3) is 5.24 Å². The van der Waals surface area contributed by atoms with Crippen LogP contribution in [-0.2, 0) is 4.79 Å². The van der Waals surface area contributed by atoms with Gasteiger partial charge in [-0.3, -0.25) is 19.3 Å². The maximum atomic E-state index is 11.9. The van der Waals surface area contributed by atoms with Gasteiger partial charge < -0.3 is 0 Å². The molecule has 1 fully saturated rings. The highest BCUT2D eigenvalue weighted by molar-refractivity contribution is 8.13. The Labute approximate surface area is 116 Å². The molecule has 1 aromatic carbocycles. The molecule has 4 nitrogen and oxygen atoms in total. The molecular weight excluding hydrogens is 262 g/mol. The summed E-state index contributed by atoms with van der Waals surface area (Å²) < 4.78 is 0. The molecule has 0 aliphatic carbocycles. The minimum Gasteiger partial charge on any atom is -0.294 e. The zero-order valence-electron chi connectivity index (χ0n) is 10.5. The van der Waals surface area contributed by atoms with Crippen LogP contribution in [0.5, 0.6) is 0 Å². The van der Waals surface area contributed by atoms with Crippen molar-refractivity contribution in [1.82, 2.24) is 4.90 Å². The van der Waals surface area contributed by atoms with Crippen LogP contribution in [0.1, 0.15) is 29.6 Å². The quantitative estimate of drug-likeness (QED) is 0.777. The number of amides is 2. The Bertz CT molecular complexity index is 471. The third-order valence-electron chi connectivity index (χ3n) is 2.94. The average Bonchev–Trinajstić information content (AvgIpc) is 2.43. The van der Waals surface area contributed by atoms with Gasteiger partial charge >= 0.3 is 0 Å². The van der Waals surface area contributed by atoms with E-state index in [4.69, 9.17) is 0 Å². The van der Waals surface area contributed by atoms with E-state index in [1.54, 1.807) is 12.1 Å². The molecule has 1 saturated heterocycles. The number of nitrogens with zero attached hydrogens (tertiary/aromatic N) is 1. The van der Waals surface area contributed by atoms with Crippen LogP contribution in [0.3, 0.4) is 0 Å². The Hall–Kier alpha value is -1.62. The van der Waals surface area contributed by atoms with Crippen molar-refractivity contribution >= 4 is 28.7 Å². The second-order valence-electron chi connectivity index (χ2n) is 4.30. The lowest BCUT2D eigenvalue weighted by atomic mass is 10.1. The van der Waals surface area contributed by atoms with Crippen LogP contribution in [0.4, 0.5) is 4.79 Å². The van der Waals surface area contributed by atoms with Gasteiger partial charge in [-0.25, -0.2) is 0 Å². The Morgan fingerprint density at radius 2 is 1.95 bits per heavy atom. The van der Waals surface area contributed by atoms with E-state index in [0.717, 1.165) is 0 Å². The maximum Gasteiger partial charge on any atom is 0.288 e. The SMILES string of the molecule is O=C(CCCN1C(=O)CCSC1=O)c1ccccc1. The van der Waals surface area contributed by atoms with Crippen LogP contribution in [0.15, 0.2) is 30.3 Å². The predicted octanol–water partition coefficient (Wildman–Crippen LogP) is 2.74. The highest BCUT2D eigenvalue weighted by Crippen LogP contribution is 2.19. The Balaban J connectivity index is 1.82. The molecule has 1 aromatic rings. The molecule has 1 aliphatic heterocycles. The van der Waals surface area contributed by atoms with E-state index in [9.17, 15) is 14.4 Å². The van der Waals surface area contributed by atoms with Gasteiger partial charge in [0.1, 0.15) is 0 Å². The van der Waals surface area contributed by atoms with Gasteiger partial charge in [0.2, 0.25) is 5.91 Å². The largest absolute Gasteiger partial charge is 0.294 e. The van der Waals surface area contributed by atoms with Crippen LogP contribution in [0.2, 0.25) is 0 Å². The highest BCUT2D eigenvalue weighted by Gasteiger charge is 2.26. The van der Waals surface area contributed by atoms with Crippen molar-refractivity contribution in [3.63, 3.8) is 0 Å². The van der Waals surface area contributed by atoms with Crippen molar-refractivity contribution in [3.8, 4) is 0 Å². The number of hydrogen-bond donors (Lipinski definition) is 0. The highest BCUT2D eigenvalue weighted by atomic mass is 32.2. The number of carbonyl (C=O) groups excluding carboxylic acids is 3. The van der Waals surface area contributed by atoms with E-state index in [2.05, 4.69) is 0 Å². The molecule has 1 aliphatic rings. The van der Waals surface area contributed by atoms with Gasteiger partial charge in [-0.05, 0) is 6.42 Å². The number of thioether (sulfide) groups is 1. The number of carbonyl (C=O) groups is 3. The molecule has 0 unspecified atom stereocenters. The molecule has 2 amide bonds. The van der Waals surface area contributed by atoms with E-state index in [-0.39, 0.29) is 16.9 Å². The molecule has 0 saturated carbocycles. The first kappa shape index (κ1) is 13.8. The molecule has 5 heteroatoms. The van der Waals surface area contributed by atoms with Gasteiger partial charge in [0, 0.05) is 30.7 Å². The first-order chi connectivity index (χ1) is 9.18. The summed E-state index contributed by atoms with van der Waals surface area (Å²) >= 11 is 1.17. The lowest BCUT2D eigenvalue weighted by Gasteiger charge is -2.23. The lowest BCUT2D eigenvalue weighted by Crippen LogP contribution is -2.38. The van der Waals surface area contributed by atoms with Gasteiger partial charge in [-0.2, -0.15) is 0 Å². The summed E-state index contributed by atoms with van der Waals surface area (Å²) in [5, 5.41) is -0.191. The van der Waals surface area contributed by atoms with Crippen molar-refractivity contribution in [2.75, 3.05) is 12.3 Å². The number of rotatable bonds is 5. The molecule has 0 N–H and O–H groups in total. The summed E-state index contributed by atoms with van der Waals surface area (Å²) in [6.07, 6.45) is 1.28. The number of imide groups is 1. The third-order valence-corrected chi connectivity index (χ3v) is 3.82. The Kier molecular flexibility index (Phi) is 4.74. The fraction of sp³-hybridized carbons (Fsp3) is 0.357. The molecule has 0 radical (unpaired) electrons. The summed E-state index contributed by atoms with van der Waals surface area (Å²) in [5.74, 6) is 0.484. The smallest absolute Gasteiger partial charge is 0.288 e. The van der Waals surface area contributed by atoms with E-state index < -0.39 is 0 Å². The second-order valence-corrected chi connectivity index (χ2v) is 5.35. The van der Waals surface area contributed by atoms with E-state index in [0.29, 0.717) is 37.1 Å². The molecule has 2 rings (SSSR count). The van der Waals surface area contributed by atoms with E-state index >= 15 is 0 Å². The minimum absolute atomic E-state index is 0.0464. The summed E-state index contributed by atoms with van der Waals surface area (Å²) in [7, 11) is 0. The topological polar surface area (TPSA) is 54.5 Å². The molecule has 100 valence electrons. The number of benzene rings is 1. The lowest BCUT2D eigenvalue weighted by molar-refractivity contribution is -0.127. The first-order valence-electron chi connectivity index (χ1n) is 6.24. The summed E-state index contributed by atoms with van der Waals surface area (Å²) in [5.41, 5.74) is 0.674. The molecular formula is C14H15NO3S.